The molecule has 1 saturated carbocycles. The van der Waals surface area contributed by atoms with Gasteiger partial charge in [0.2, 0.25) is 0 Å². The molecule has 78 valence electrons. The molecule has 1 aromatic rings. The third-order valence-electron chi connectivity index (χ3n) is 3.21. The van der Waals surface area contributed by atoms with Crippen molar-refractivity contribution in [3.8, 4) is 0 Å². The number of hydrogen-bond acceptors (Lipinski definition) is 2. The summed E-state index contributed by atoms with van der Waals surface area (Å²) in [6.07, 6.45) is 6.53. The van der Waals surface area contributed by atoms with Crippen molar-refractivity contribution < 1.29 is 5.11 Å². The Balaban J connectivity index is 2.30. The van der Waals surface area contributed by atoms with Crippen LogP contribution in [0.3, 0.4) is 0 Å². The SMILES string of the molecule is CCn1ccnc1C1(O)CCC(C)C1. The van der Waals surface area contributed by atoms with Crippen LogP contribution in [0.4, 0.5) is 0 Å². The van der Waals surface area contributed by atoms with Gasteiger partial charge in [-0.15, -0.1) is 0 Å². The lowest BCUT2D eigenvalue weighted by atomic mass is 10.00. The third-order valence-corrected chi connectivity index (χ3v) is 3.21. The summed E-state index contributed by atoms with van der Waals surface area (Å²) >= 11 is 0. The van der Waals surface area contributed by atoms with Crippen LogP contribution in [-0.2, 0) is 12.1 Å². The molecule has 2 atom stereocenters. The molecule has 1 aromatic heterocycles. The van der Waals surface area contributed by atoms with Gasteiger partial charge in [-0.1, -0.05) is 6.92 Å². The number of imidazole rings is 1. The van der Waals surface area contributed by atoms with E-state index in [9.17, 15) is 5.11 Å². The minimum atomic E-state index is -0.668. The van der Waals surface area contributed by atoms with Crippen LogP contribution in [-0.4, -0.2) is 14.7 Å². The Labute approximate surface area is 84.8 Å². The predicted octanol–water partition coefficient (Wildman–Crippen LogP) is 1.91. The van der Waals surface area contributed by atoms with Gasteiger partial charge in [-0.25, -0.2) is 4.98 Å². The first kappa shape index (κ1) is 9.71. The van der Waals surface area contributed by atoms with Crippen LogP contribution < -0.4 is 0 Å². The van der Waals surface area contributed by atoms with Crippen LogP contribution in [0.15, 0.2) is 12.4 Å². The summed E-state index contributed by atoms with van der Waals surface area (Å²) in [6.45, 7) is 5.15. The van der Waals surface area contributed by atoms with E-state index in [2.05, 4.69) is 18.8 Å². The molecule has 1 aliphatic carbocycles. The van der Waals surface area contributed by atoms with Crippen molar-refractivity contribution in [1.82, 2.24) is 9.55 Å². The topological polar surface area (TPSA) is 38.0 Å². The second-order valence-corrected chi connectivity index (χ2v) is 4.42. The van der Waals surface area contributed by atoms with Gasteiger partial charge in [0.25, 0.3) is 0 Å². The first-order valence-electron chi connectivity index (χ1n) is 5.39. The van der Waals surface area contributed by atoms with Gasteiger partial charge in [-0.2, -0.15) is 0 Å². The number of rotatable bonds is 2. The van der Waals surface area contributed by atoms with E-state index < -0.39 is 5.60 Å². The molecule has 1 aliphatic rings. The monoisotopic (exact) mass is 194 g/mol. The molecule has 1 fully saturated rings. The van der Waals surface area contributed by atoms with Crippen LogP contribution in [0.25, 0.3) is 0 Å². The largest absolute Gasteiger partial charge is 0.382 e. The second kappa shape index (κ2) is 3.39. The fraction of sp³-hybridized carbons (Fsp3) is 0.727. The fourth-order valence-electron chi connectivity index (χ4n) is 2.44. The van der Waals surface area contributed by atoms with Crippen molar-refractivity contribution in [3.63, 3.8) is 0 Å². The smallest absolute Gasteiger partial charge is 0.140 e. The van der Waals surface area contributed by atoms with Crippen LogP contribution >= 0.6 is 0 Å². The molecule has 1 heterocycles. The Bertz CT molecular complexity index is 321. The van der Waals surface area contributed by atoms with Gasteiger partial charge < -0.3 is 9.67 Å². The zero-order chi connectivity index (χ0) is 10.2. The number of nitrogens with zero attached hydrogens (tertiary/aromatic N) is 2. The van der Waals surface area contributed by atoms with E-state index in [4.69, 9.17) is 0 Å². The number of aliphatic hydroxyl groups is 1. The molecule has 0 spiro atoms. The van der Waals surface area contributed by atoms with E-state index in [0.29, 0.717) is 5.92 Å². The minimum absolute atomic E-state index is 0.613. The zero-order valence-electron chi connectivity index (χ0n) is 8.90. The van der Waals surface area contributed by atoms with Crippen LogP contribution in [0.5, 0.6) is 0 Å². The van der Waals surface area contributed by atoms with Crippen molar-refractivity contribution in [3.05, 3.63) is 18.2 Å². The van der Waals surface area contributed by atoms with E-state index in [0.717, 1.165) is 31.6 Å². The Morgan fingerprint density at radius 2 is 2.50 bits per heavy atom. The minimum Gasteiger partial charge on any atom is -0.382 e. The summed E-state index contributed by atoms with van der Waals surface area (Å²) in [6, 6.07) is 0. The quantitative estimate of drug-likeness (QED) is 0.781. The lowest BCUT2D eigenvalue weighted by Crippen LogP contribution is -2.26. The molecule has 2 unspecified atom stereocenters. The van der Waals surface area contributed by atoms with Crippen LogP contribution in [0.1, 0.15) is 38.9 Å². The van der Waals surface area contributed by atoms with Gasteiger partial charge in [0.1, 0.15) is 11.4 Å². The lowest BCUT2D eigenvalue weighted by molar-refractivity contribution is 0.0281. The van der Waals surface area contributed by atoms with Crippen LogP contribution in [0, 0.1) is 5.92 Å². The summed E-state index contributed by atoms with van der Waals surface area (Å²) in [5.74, 6) is 1.46. The standard InChI is InChI=1S/C11H18N2O/c1-3-13-7-6-12-10(13)11(14)5-4-9(2)8-11/h6-7,9,14H,3-5,8H2,1-2H3. The van der Waals surface area contributed by atoms with Crippen molar-refractivity contribution >= 4 is 0 Å². The summed E-state index contributed by atoms with van der Waals surface area (Å²) < 4.78 is 2.04. The van der Waals surface area contributed by atoms with Gasteiger partial charge in [-0.05, 0) is 32.1 Å². The van der Waals surface area contributed by atoms with Crippen molar-refractivity contribution in [2.45, 2.75) is 45.3 Å². The highest BCUT2D eigenvalue weighted by molar-refractivity contribution is 5.08. The second-order valence-electron chi connectivity index (χ2n) is 4.42. The molecule has 2 rings (SSSR count). The molecule has 3 heteroatoms. The van der Waals surface area contributed by atoms with Gasteiger partial charge in [-0.3, -0.25) is 0 Å². The predicted molar refractivity (Wildman–Crippen MR) is 54.8 cm³/mol. The average molecular weight is 194 g/mol. The number of aromatic nitrogens is 2. The molecule has 0 radical (unpaired) electrons. The van der Waals surface area contributed by atoms with Gasteiger partial charge in [0, 0.05) is 18.9 Å². The zero-order valence-corrected chi connectivity index (χ0v) is 8.90. The normalized spacial score (nSPS) is 32.4. The molecular weight excluding hydrogens is 176 g/mol. The van der Waals surface area contributed by atoms with Crippen molar-refractivity contribution in [1.29, 1.82) is 0 Å². The van der Waals surface area contributed by atoms with E-state index >= 15 is 0 Å². The highest BCUT2D eigenvalue weighted by Gasteiger charge is 2.39. The maximum atomic E-state index is 10.5. The molecule has 0 aliphatic heterocycles. The lowest BCUT2D eigenvalue weighted by Gasteiger charge is -2.22. The van der Waals surface area contributed by atoms with Gasteiger partial charge in [0.15, 0.2) is 0 Å². The summed E-state index contributed by atoms with van der Waals surface area (Å²) in [4.78, 5) is 4.29. The molecule has 0 amide bonds. The highest BCUT2D eigenvalue weighted by Crippen LogP contribution is 2.40. The number of aryl methyl sites for hydroxylation is 1. The number of hydrogen-bond donors (Lipinski definition) is 1. The molecule has 14 heavy (non-hydrogen) atoms. The summed E-state index contributed by atoms with van der Waals surface area (Å²) in [5.41, 5.74) is -0.668. The maximum Gasteiger partial charge on any atom is 0.140 e. The van der Waals surface area contributed by atoms with Crippen molar-refractivity contribution in [2.24, 2.45) is 5.92 Å². The van der Waals surface area contributed by atoms with Crippen molar-refractivity contribution in [2.75, 3.05) is 0 Å². The van der Waals surface area contributed by atoms with E-state index in [1.165, 1.54) is 0 Å². The average Bonchev–Trinajstić information content (AvgIpc) is 2.73. The van der Waals surface area contributed by atoms with E-state index in [-0.39, 0.29) is 0 Å². The molecule has 0 bridgehead atoms. The molecule has 0 aromatic carbocycles. The maximum absolute atomic E-state index is 10.5. The first-order chi connectivity index (χ1) is 6.65. The summed E-state index contributed by atoms with van der Waals surface area (Å²) in [7, 11) is 0. The van der Waals surface area contributed by atoms with Gasteiger partial charge >= 0.3 is 0 Å². The van der Waals surface area contributed by atoms with Gasteiger partial charge in [0.05, 0.1) is 0 Å². The Hall–Kier alpha value is -0.830. The first-order valence-corrected chi connectivity index (χ1v) is 5.39. The Morgan fingerprint density at radius 3 is 3.07 bits per heavy atom. The summed E-state index contributed by atoms with van der Waals surface area (Å²) in [5, 5.41) is 10.5. The fourth-order valence-corrected chi connectivity index (χ4v) is 2.44. The van der Waals surface area contributed by atoms with E-state index in [1.54, 1.807) is 6.20 Å². The molecule has 3 nitrogen and oxygen atoms in total. The Morgan fingerprint density at radius 1 is 1.71 bits per heavy atom. The molecule has 1 N–H and O–H groups in total. The van der Waals surface area contributed by atoms with Crippen LogP contribution in [0.2, 0.25) is 0 Å². The third kappa shape index (κ3) is 1.46. The Kier molecular flexibility index (Phi) is 2.35. The highest BCUT2D eigenvalue weighted by atomic mass is 16.3. The van der Waals surface area contributed by atoms with E-state index in [1.807, 2.05) is 10.8 Å². The molecule has 0 saturated heterocycles. The molecular formula is C11H18N2O.